The van der Waals surface area contributed by atoms with E-state index in [0.29, 0.717) is 5.02 Å². The number of halogens is 1. The van der Waals surface area contributed by atoms with Crippen molar-refractivity contribution >= 4 is 41.2 Å². The molecule has 1 amide bonds. The molecule has 8 heteroatoms. The number of benzene rings is 1. The van der Waals surface area contributed by atoms with E-state index in [1.807, 2.05) is 0 Å². The highest BCUT2D eigenvalue weighted by atomic mass is 35.5. The number of carbonyl (C=O) groups is 3. The van der Waals surface area contributed by atoms with Crippen molar-refractivity contribution in [2.75, 3.05) is 5.75 Å². The molecule has 1 rings (SSSR count). The molecule has 0 radical (unpaired) electrons. The summed E-state index contributed by atoms with van der Waals surface area (Å²) in [7, 11) is 0. The molecule has 0 aliphatic heterocycles. The number of thioether (sulfide) groups is 1. The molecule has 6 nitrogen and oxygen atoms in total. The quantitative estimate of drug-likeness (QED) is 0.628. The van der Waals surface area contributed by atoms with Crippen molar-refractivity contribution < 1.29 is 24.6 Å². The first-order valence-corrected chi connectivity index (χ1v) is 7.37. The highest BCUT2D eigenvalue weighted by molar-refractivity contribution is 8.00. The molecule has 0 bridgehead atoms. The SMILES string of the molecule is O=C(O)CCC(NC(=O)CSc1ccc(Cl)cc1)C(=O)O. The lowest BCUT2D eigenvalue weighted by molar-refractivity contribution is -0.142. The van der Waals surface area contributed by atoms with Gasteiger partial charge in [0.25, 0.3) is 0 Å². The van der Waals surface area contributed by atoms with Crippen LogP contribution in [0.3, 0.4) is 0 Å². The maximum Gasteiger partial charge on any atom is 0.326 e. The Bertz CT molecular complexity index is 520. The van der Waals surface area contributed by atoms with Crippen molar-refractivity contribution in [2.24, 2.45) is 0 Å². The number of aliphatic carboxylic acids is 2. The van der Waals surface area contributed by atoms with Gasteiger partial charge in [0.15, 0.2) is 0 Å². The predicted octanol–water partition coefficient (Wildman–Crippen LogP) is 1.87. The van der Waals surface area contributed by atoms with Gasteiger partial charge in [-0.3, -0.25) is 9.59 Å². The number of amides is 1. The molecule has 0 aliphatic rings. The first kappa shape index (κ1) is 17.3. The number of hydrogen-bond donors (Lipinski definition) is 3. The molecule has 0 spiro atoms. The molecule has 1 unspecified atom stereocenters. The summed E-state index contributed by atoms with van der Waals surface area (Å²) in [6.07, 6.45) is -0.469. The average Bonchev–Trinajstić information content (AvgIpc) is 2.42. The average molecular weight is 332 g/mol. The zero-order valence-electron chi connectivity index (χ0n) is 10.9. The molecule has 0 fully saturated rings. The van der Waals surface area contributed by atoms with Gasteiger partial charge in [0.1, 0.15) is 6.04 Å². The van der Waals surface area contributed by atoms with E-state index >= 15 is 0 Å². The van der Waals surface area contributed by atoms with Crippen molar-refractivity contribution in [2.45, 2.75) is 23.8 Å². The molecule has 1 aromatic carbocycles. The van der Waals surface area contributed by atoms with E-state index in [0.717, 1.165) is 4.90 Å². The smallest absolute Gasteiger partial charge is 0.326 e. The Kier molecular flexibility index (Phi) is 7.04. The van der Waals surface area contributed by atoms with Crippen LogP contribution in [0.25, 0.3) is 0 Å². The minimum absolute atomic E-state index is 0.0402. The van der Waals surface area contributed by atoms with Gasteiger partial charge >= 0.3 is 11.9 Å². The van der Waals surface area contributed by atoms with Crippen LogP contribution in [-0.2, 0) is 14.4 Å². The summed E-state index contributed by atoms with van der Waals surface area (Å²) < 4.78 is 0. The lowest BCUT2D eigenvalue weighted by Gasteiger charge is -2.13. The van der Waals surface area contributed by atoms with Gasteiger partial charge in [0.2, 0.25) is 5.91 Å². The number of carboxylic acids is 2. The van der Waals surface area contributed by atoms with E-state index in [2.05, 4.69) is 5.32 Å². The van der Waals surface area contributed by atoms with Crippen LogP contribution >= 0.6 is 23.4 Å². The van der Waals surface area contributed by atoms with E-state index in [-0.39, 0.29) is 18.6 Å². The summed E-state index contributed by atoms with van der Waals surface area (Å²) >= 11 is 6.97. The van der Waals surface area contributed by atoms with Gasteiger partial charge in [-0.15, -0.1) is 11.8 Å². The molecule has 114 valence electrons. The van der Waals surface area contributed by atoms with E-state index in [4.69, 9.17) is 21.8 Å². The van der Waals surface area contributed by atoms with Gasteiger partial charge in [-0.2, -0.15) is 0 Å². The number of nitrogens with one attached hydrogen (secondary N) is 1. The number of hydrogen-bond acceptors (Lipinski definition) is 4. The van der Waals surface area contributed by atoms with Crippen molar-refractivity contribution in [1.29, 1.82) is 0 Å². The lowest BCUT2D eigenvalue weighted by Crippen LogP contribution is -2.41. The Hall–Kier alpha value is -1.73. The largest absolute Gasteiger partial charge is 0.481 e. The minimum Gasteiger partial charge on any atom is -0.481 e. The Morgan fingerprint density at radius 3 is 2.33 bits per heavy atom. The van der Waals surface area contributed by atoms with Crippen LogP contribution in [0.4, 0.5) is 0 Å². The van der Waals surface area contributed by atoms with E-state index in [1.54, 1.807) is 24.3 Å². The molecule has 0 aliphatic carbocycles. The monoisotopic (exact) mass is 331 g/mol. The van der Waals surface area contributed by atoms with Crippen molar-refractivity contribution in [3.63, 3.8) is 0 Å². The highest BCUT2D eigenvalue weighted by Gasteiger charge is 2.20. The lowest BCUT2D eigenvalue weighted by atomic mass is 10.1. The second-order valence-corrected chi connectivity index (χ2v) is 5.62. The van der Waals surface area contributed by atoms with Crippen LogP contribution in [0.5, 0.6) is 0 Å². The van der Waals surface area contributed by atoms with E-state index < -0.39 is 23.9 Å². The number of rotatable bonds is 8. The van der Waals surface area contributed by atoms with E-state index in [9.17, 15) is 14.4 Å². The van der Waals surface area contributed by atoms with Crippen LogP contribution in [0, 0.1) is 0 Å². The Morgan fingerprint density at radius 1 is 1.19 bits per heavy atom. The summed E-state index contributed by atoms with van der Waals surface area (Å²) in [5.41, 5.74) is 0. The van der Waals surface area contributed by atoms with Gasteiger partial charge in [0, 0.05) is 16.3 Å². The topological polar surface area (TPSA) is 104 Å². The van der Waals surface area contributed by atoms with Gasteiger partial charge in [-0.1, -0.05) is 11.6 Å². The second kappa shape index (κ2) is 8.53. The van der Waals surface area contributed by atoms with Gasteiger partial charge < -0.3 is 15.5 Å². The van der Waals surface area contributed by atoms with Crippen LogP contribution in [0.15, 0.2) is 29.2 Å². The van der Waals surface area contributed by atoms with Crippen LogP contribution in [-0.4, -0.2) is 39.9 Å². The molecule has 1 aromatic rings. The third-order valence-electron chi connectivity index (χ3n) is 2.46. The Labute approximate surface area is 130 Å². The Morgan fingerprint density at radius 2 is 1.81 bits per heavy atom. The fraction of sp³-hybridized carbons (Fsp3) is 0.308. The predicted molar refractivity (Wildman–Crippen MR) is 78.6 cm³/mol. The highest BCUT2D eigenvalue weighted by Crippen LogP contribution is 2.20. The first-order valence-electron chi connectivity index (χ1n) is 6.01. The molecule has 0 saturated carbocycles. The molecule has 1 atom stereocenters. The molecule has 0 saturated heterocycles. The molecule has 3 N–H and O–H groups in total. The second-order valence-electron chi connectivity index (χ2n) is 4.13. The maximum atomic E-state index is 11.7. The third-order valence-corrected chi connectivity index (χ3v) is 3.73. The number of carbonyl (C=O) groups excluding carboxylic acids is 1. The summed E-state index contributed by atoms with van der Waals surface area (Å²) in [5, 5.41) is 20.3. The first-order chi connectivity index (χ1) is 9.88. The summed E-state index contributed by atoms with van der Waals surface area (Å²) in [4.78, 5) is 33.9. The van der Waals surface area contributed by atoms with Gasteiger partial charge in [-0.05, 0) is 30.7 Å². The van der Waals surface area contributed by atoms with Crippen molar-refractivity contribution in [3.8, 4) is 0 Å². The fourth-order valence-electron chi connectivity index (χ4n) is 1.44. The van der Waals surface area contributed by atoms with Crippen LogP contribution < -0.4 is 5.32 Å². The Balaban J connectivity index is 2.44. The maximum absolute atomic E-state index is 11.7. The third kappa shape index (κ3) is 7.01. The summed E-state index contributed by atoms with van der Waals surface area (Å²) in [5.74, 6) is -2.78. The zero-order chi connectivity index (χ0) is 15.8. The summed E-state index contributed by atoms with van der Waals surface area (Å²) in [6, 6.07) is 5.68. The standard InChI is InChI=1S/C13H14ClNO5S/c14-8-1-3-9(4-2-8)21-7-11(16)15-10(13(19)20)5-6-12(17)18/h1-4,10H,5-7H2,(H,15,16)(H,17,18)(H,19,20). The summed E-state index contributed by atoms with van der Waals surface area (Å²) in [6.45, 7) is 0. The van der Waals surface area contributed by atoms with Crippen molar-refractivity contribution in [3.05, 3.63) is 29.3 Å². The van der Waals surface area contributed by atoms with Gasteiger partial charge in [-0.25, -0.2) is 4.79 Å². The molecule has 21 heavy (non-hydrogen) atoms. The minimum atomic E-state index is -1.25. The van der Waals surface area contributed by atoms with Gasteiger partial charge in [0.05, 0.1) is 5.75 Å². The van der Waals surface area contributed by atoms with Crippen molar-refractivity contribution in [1.82, 2.24) is 5.32 Å². The molecule has 0 heterocycles. The number of carboxylic acid groups (broad SMARTS) is 2. The van der Waals surface area contributed by atoms with E-state index in [1.165, 1.54) is 11.8 Å². The fourth-order valence-corrected chi connectivity index (χ4v) is 2.28. The zero-order valence-corrected chi connectivity index (χ0v) is 12.5. The van der Waals surface area contributed by atoms with Crippen LogP contribution in [0.2, 0.25) is 5.02 Å². The normalized spacial score (nSPS) is 11.7. The molecular formula is C13H14ClNO5S. The molecule has 0 aromatic heterocycles. The molecular weight excluding hydrogens is 318 g/mol. The van der Waals surface area contributed by atoms with Crippen LogP contribution in [0.1, 0.15) is 12.8 Å².